The summed E-state index contributed by atoms with van der Waals surface area (Å²) in [4.78, 5) is 32.0. The quantitative estimate of drug-likeness (QED) is 0.656. The normalized spacial score (nSPS) is 10.9. The van der Waals surface area contributed by atoms with E-state index in [9.17, 15) is 9.59 Å². The third kappa shape index (κ3) is 4.14. The highest BCUT2D eigenvalue weighted by atomic mass is 35.5. The average Bonchev–Trinajstić information content (AvgIpc) is 3.14. The topological polar surface area (TPSA) is 67.2 Å². The van der Waals surface area contributed by atoms with Gasteiger partial charge in [0.25, 0.3) is 5.56 Å². The molecule has 0 aliphatic heterocycles. The molecule has 1 amide bonds. The number of halogens is 1. The molecular formula is C19H21ClN4O2S. The minimum atomic E-state index is -0.261. The number of thiophene rings is 1. The van der Waals surface area contributed by atoms with Crippen LogP contribution in [0, 0.1) is 0 Å². The maximum Gasteiger partial charge on any atom is 0.273 e. The lowest BCUT2D eigenvalue weighted by Gasteiger charge is -2.23. The van der Waals surface area contributed by atoms with Gasteiger partial charge in [-0.15, -0.1) is 11.3 Å². The lowest BCUT2D eigenvalue weighted by atomic mass is 10.2. The van der Waals surface area contributed by atoms with E-state index in [1.165, 1.54) is 15.9 Å². The third-order valence-corrected chi connectivity index (χ3v) is 5.59. The highest BCUT2D eigenvalue weighted by molar-refractivity contribution is 7.17. The largest absolute Gasteiger partial charge is 0.350 e. The summed E-state index contributed by atoms with van der Waals surface area (Å²) in [5.41, 5.74) is 1.31. The number of amides is 1. The molecule has 8 heteroatoms. The van der Waals surface area contributed by atoms with Crippen molar-refractivity contribution in [1.82, 2.24) is 14.9 Å². The van der Waals surface area contributed by atoms with Gasteiger partial charge >= 0.3 is 0 Å². The van der Waals surface area contributed by atoms with Crippen molar-refractivity contribution in [3.63, 3.8) is 0 Å². The van der Waals surface area contributed by atoms with Crippen molar-refractivity contribution in [2.24, 2.45) is 0 Å². The van der Waals surface area contributed by atoms with Crippen molar-refractivity contribution in [1.29, 1.82) is 0 Å². The number of aromatic nitrogens is 2. The minimum absolute atomic E-state index is 0.0873. The average molecular weight is 405 g/mol. The first-order valence-electron chi connectivity index (χ1n) is 8.78. The summed E-state index contributed by atoms with van der Waals surface area (Å²) in [5, 5.41) is 5.27. The van der Waals surface area contributed by atoms with Gasteiger partial charge in [0.1, 0.15) is 11.2 Å². The van der Waals surface area contributed by atoms with E-state index >= 15 is 0 Å². The van der Waals surface area contributed by atoms with Crippen LogP contribution in [0.4, 0.5) is 5.95 Å². The van der Waals surface area contributed by atoms with Crippen LogP contribution in [0.5, 0.6) is 0 Å². The fraction of sp³-hybridized carbons (Fsp3) is 0.316. The van der Waals surface area contributed by atoms with E-state index in [0.717, 1.165) is 5.56 Å². The zero-order valence-electron chi connectivity index (χ0n) is 15.2. The molecule has 0 saturated carbocycles. The van der Waals surface area contributed by atoms with Crippen molar-refractivity contribution in [3.05, 3.63) is 56.7 Å². The molecule has 6 nitrogen and oxygen atoms in total. The fourth-order valence-corrected chi connectivity index (χ4v) is 3.84. The predicted molar refractivity (Wildman–Crippen MR) is 111 cm³/mol. The lowest BCUT2D eigenvalue weighted by Crippen LogP contribution is -2.37. The molecule has 0 atom stereocenters. The number of fused-ring (bicyclic) bond motifs is 1. The summed E-state index contributed by atoms with van der Waals surface area (Å²) < 4.78 is 2.01. The predicted octanol–water partition coefficient (Wildman–Crippen LogP) is 3.27. The van der Waals surface area contributed by atoms with Crippen molar-refractivity contribution in [2.75, 3.05) is 18.0 Å². The van der Waals surface area contributed by atoms with E-state index in [1.807, 2.05) is 48.4 Å². The van der Waals surface area contributed by atoms with Gasteiger partial charge in [-0.1, -0.05) is 29.8 Å². The number of hydrogen-bond donors (Lipinski definition) is 1. The van der Waals surface area contributed by atoms with Crippen molar-refractivity contribution in [3.8, 4) is 0 Å². The van der Waals surface area contributed by atoms with E-state index in [2.05, 4.69) is 10.3 Å². The maximum absolute atomic E-state index is 12.9. The highest BCUT2D eigenvalue weighted by Crippen LogP contribution is 2.19. The summed E-state index contributed by atoms with van der Waals surface area (Å²) in [6.07, 6.45) is 0. The maximum atomic E-state index is 12.9. The Bertz CT molecular complexity index is 1010. The van der Waals surface area contributed by atoms with Crippen LogP contribution < -0.4 is 15.8 Å². The molecule has 2 heterocycles. The van der Waals surface area contributed by atoms with Crippen LogP contribution in [0.2, 0.25) is 5.02 Å². The molecule has 0 saturated heterocycles. The first-order valence-corrected chi connectivity index (χ1v) is 10.0. The number of carbonyl (C=O) groups excluding carboxylic acids is 1. The van der Waals surface area contributed by atoms with E-state index in [4.69, 9.17) is 11.6 Å². The number of anilines is 1. The second-order valence-corrected chi connectivity index (χ2v) is 7.30. The van der Waals surface area contributed by atoms with Crippen LogP contribution in [-0.2, 0) is 17.9 Å². The summed E-state index contributed by atoms with van der Waals surface area (Å²) in [5.74, 6) is 0.256. The van der Waals surface area contributed by atoms with Crippen LogP contribution in [-0.4, -0.2) is 28.5 Å². The summed E-state index contributed by atoms with van der Waals surface area (Å²) in [6.45, 7) is 5.60. The molecule has 0 aliphatic carbocycles. The van der Waals surface area contributed by atoms with Gasteiger partial charge in [-0.3, -0.25) is 14.2 Å². The van der Waals surface area contributed by atoms with Gasteiger partial charge in [-0.05, 0) is 36.9 Å². The van der Waals surface area contributed by atoms with Gasteiger partial charge in [0.2, 0.25) is 11.9 Å². The van der Waals surface area contributed by atoms with E-state index < -0.39 is 0 Å². The summed E-state index contributed by atoms with van der Waals surface area (Å²) in [7, 11) is 0. The lowest BCUT2D eigenvalue weighted by molar-refractivity contribution is -0.121. The van der Waals surface area contributed by atoms with Crippen LogP contribution in [0.3, 0.4) is 0 Å². The second-order valence-electron chi connectivity index (χ2n) is 5.98. The molecule has 0 spiro atoms. The SMILES string of the molecule is CCN(CC)c1nc2ccsc2c(=O)n1CC(=O)NCc1ccccc1Cl. The molecule has 0 bridgehead atoms. The number of benzene rings is 1. The molecule has 3 aromatic rings. The van der Waals surface area contributed by atoms with Crippen molar-refractivity contribution >= 4 is 45.0 Å². The zero-order valence-corrected chi connectivity index (χ0v) is 16.8. The Morgan fingerprint density at radius 2 is 2.00 bits per heavy atom. The molecule has 0 unspecified atom stereocenters. The third-order valence-electron chi connectivity index (χ3n) is 4.33. The van der Waals surface area contributed by atoms with Gasteiger partial charge in [-0.2, -0.15) is 0 Å². The zero-order chi connectivity index (χ0) is 19.4. The molecule has 3 rings (SSSR count). The van der Waals surface area contributed by atoms with Gasteiger partial charge in [0.15, 0.2) is 0 Å². The Morgan fingerprint density at radius 3 is 2.70 bits per heavy atom. The van der Waals surface area contributed by atoms with Crippen molar-refractivity contribution in [2.45, 2.75) is 26.9 Å². The molecule has 142 valence electrons. The fourth-order valence-electron chi connectivity index (χ4n) is 2.86. The Hall–Kier alpha value is -2.38. The summed E-state index contributed by atoms with van der Waals surface area (Å²) >= 11 is 7.47. The van der Waals surface area contributed by atoms with Crippen molar-refractivity contribution < 1.29 is 4.79 Å². The van der Waals surface area contributed by atoms with Crippen LogP contribution >= 0.6 is 22.9 Å². The summed E-state index contributed by atoms with van der Waals surface area (Å²) in [6, 6.07) is 9.17. The van der Waals surface area contributed by atoms with Gasteiger partial charge in [-0.25, -0.2) is 4.98 Å². The second kappa shape index (κ2) is 8.54. The van der Waals surface area contributed by atoms with Crippen LogP contribution in [0.25, 0.3) is 10.2 Å². The number of nitrogens with one attached hydrogen (secondary N) is 1. The first-order chi connectivity index (χ1) is 13.0. The number of nitrogens with zero attached hydrogens (tertiary/aromatic N) is 3. The number of hydrogen-bond acceptors (Lipinski definition) is 5. The van der Waals surface area contributed by atoms with E-state index in [-0.39, 0.29) is 18.0 Å². The van der Waals surface area contributed by atoms with E-state index in [1.54, 1.807) is 6.07 Å². The van der Waals surface area contributed by atoms with E-state index in [0.29, 0.717) is 40.8 Å². The molecule has 1 aromatic carbocycles. The molecular weight excluding hydrogens is 384 g/mol. The highest BCUT2D eigenvalue weighted by Gasteiger charge is 2.18. The standard InChI is InChI=1S/C19H21ClN4O2S/c1-3-23(4-2)19-22-15-9-10-27-17(15)18(26)24(19)12-16(25)21-11-13-7-5-6-8-14(13)20/h5-10H,3-4,11-12H2,1-2H3,(H,21,25). The number of rotatable bonds is 7. The smallest absolute Gasteiger partial charge is 0.273 e. The molecule has 0 aliphatic rings. The Balaban J connectivity index is 1.87. The van der Waals surface area contributed by atoms with Crippen LogP contribution in [0.15, 0.2) is 40.5 Å². The minimum Gasteiger partial charge on any atom is -0.350 e. The Morgan fingerprint density at radius 1 is 1.26 bits per heavy atom. The van der Waals surface area contributed by atoms with Crippen LogP contribution in [0.1, 0.15) is 19.4 Å². The number of carbonyl (C=O) groups is 1. The first kappa shape index (κ1) is 19.4. The monoisotopic (exact) mass is 404 g/mol. The molecule has 0 radical (unpaired) electrons. The Labute approximate surface area is 166 Å². The molecule has 27 heavy (non-hydrogen) atoms. The molecule has 0 fully saturated rings. The van der Waals surface area contributed by atoms with Gasteiger partial charge in [0.05, 0.1) is 5.52 Å². The van der Waals surface area contributed by atoms with Gasteiger partial charge < -0.3 is 10.2 Å². The van der Waals surface area contributed by atoms with Gasteiger partial charge in [0, 0.05) is 24.7 Å². The molecule has 2 aromatic heterocycles. The Kier molecular flexibility index (Phi) is 6.13. The molecule has 1 N–H and O–H groups in total.